The van der Waals surface area contributed by atoms with Crippen molar-refractivity contribution >= 4 is 23.9 Å². The molecule has 2 rings (SSSR count). The number of hydrogen-bond acceptors (Lipinski definition) is 9. The van der Waals surface area contributed by atoms with Crippen LogP contribution in [0.15, 0.2) is 48.5 Å². The summed E-state index contributed by atoms with van der Waals surface area (Å²) in [4.78, 5) is 46.9. The Labute approximate surface area is 261 Å². The Hall–Kier alpha value is -3.88. The fourth-order valence-corrected chi connectivity index (χ4v) is 4.36. The van der Waals surface area contributed by atoms with Crippen LogP contribution in [0.1, 0.15) is 103 Å². The van der Waals surface area contributed by atoms with Crippen molar-refractivity contribution in [3.8, 4) is 16.9 Å². The van der Waals surface area contributed by atoms with Crippen molar-refractivity contribution in [2.45, 2.75) is 98.2 Å². The Balaban J connectivity index is 1.55. The fraction of sp³-hybridized carbons (Fsp3) is 0.543. The van der Waals surface area contributed by atoms with E-state index in [9.17, 15) is 19.2 Å². The minimum Gasteiger partial charge on any atom is -0.494 e. The summed E-state index contributed by atoms with van der Waals surface area (Å²) in [6.45, 7) is 8.85. The first-order chi connectivity index (χ1) is 21.0. The molecule has 2 aromatic rings. The summed E-state index contributed by atoms with van der Waals surface area (Å²) in [7, 11) is 0. The van der Waals surface area contributed by atoms with Crippen LogP contribution in [0, 0.1) is 5.92 Å². The largest absolute Gasteiger partial charge is 0.494 e. The van der Waals surface area contributed by atoms with E-state index >= 15 is 0 Å². The van der Waals surface area contributed by atoms with Gasteiger partial charge in [-0.25, -0.2) is 9.59 Å². The molecule has 0 saturated heterocycles. The van der Waals surface area contributed by atoms with Crippen LogP contribution in [0.4, 0.5) is 0 Å². The third-order valence-electron chi connectivity index (χ3n) is 7.09. The van der Waals surface area contributed by atoms with Crippen molar-refractivity contribution in [3.05, 3.63) is 54.1 Å². The quantitative estimate of drug-likeness (QED) is 0.0651. The van der Waals surface area contributed by atoms with E-state index in [1.807, 2.05) is 36.4 Å². The molecule has 0 spiro atoms. The van der Waals surface area contributed by atoms with Gasteiger partial charge in [0.25, 0.3) is 0 Å². The molecular weight excluding hydrogens is 564 g/mol. The monoisotopic (exact) mass is 612 g/mol. The van der Waals surface area contributed by atoms with Crippen molar-refractivity contribution in [3.63, 3.8) is 0 Å². The molecule has 0 aliphatic carbocycles. The highest BCUT2D eigenvalue weighted by Crippen LogP contribution is 2.24. The van der Waals surface area contributed by atoms with E-state index in [0.717, 1.165) is 82.1 Å². The van der Waals surface area contributed by atoms with Crippen molar-refractivity contribution < 1.29 is 42.9 Å². The summed E-state index contributed by atoms with van der Waals surface area (Å²) < 4.78 is 26.1. The van der Waals surface area contributed by atoms with Crippen LogP contribution in [0.2, 0.25) is 0 Å². The maximum absolute atomic E-state index is 12.2. The molecule has 0 amide bonds. The van der Waals surface area contributed by atoms with Crippen LogP contribution in [0.3, 0.4) is 0 Å². The second-order valence-corrected chi connectivity index (χ2v) is 11.2. The summed E-state index contributed by atoms with van der Waals surface area (Å²) in [5, 5.41) is 0. The maximum atomic E-state index is 12.2. The number of carbonyl (C=O) groups excluding carboxylic acids is 4. The van der Waals surface area contributed by atoms with Crippen LogP contribution in [0.5, 0.6) is 5.75 Å². The predicted octanol–water partition coefficient (Wildman–Crippen LogP) is 7.44. The zero-order chi connectivity index (χ0) is 32.4. The average Bonchev–Trinajstić information content (AvgIpc) is 2.99. The van der Waals surface area contributed by atoms with Crippen LogP contribution >= 0.6 is 0 Å². The topological polar surface area (TPSA) is 114 Å². The minimum absolute atomic E-state index is 0.163. The standard InChI is InChI=1S/C35H48O9/c1-6-26(2)25-42-33(38)31-17-15-29(16-18-31)30-19-21-32(22-20-30)40-23-13-11-9-7-8-10-12-14-24-41-34(39)35(5,43-27(3)36)44-28(4)37/h15-22,26H,6-14,23-25H2,1-5H3. The molecule has 1 unspecified atom stereocenters. The molecule has 9 nitrogen and oxygen atoms in total. The van der Waals surface area contributed by atoms with Crippen molar-refractivity contribution in [1.29, 1.82) is 0 Å². The van der Waals surface area contributed by atoms with Gasteiger partial charge < -0.3 is 23.7 Å². The number of carbonyl (C=O) groups is 4. The smallest absolute Gasteiger partial charge is 0.392 e. The van der Waals surface area contributed by atoms with Gasteiger partial charge in [0.1, 0.15) is 5.75 Å². The Morgan fingerprint density at radius 2 is 1.16 bits per heavy atom. The highest BCUT2D eigenvalue weighted by atomic mass is 16.8. The van der Waals surface area contributed by atoms with E-state index in [-0.39, 0.29) is 12.6 Å². The predicted molar refractivity (Wildman–Crippen MR) is 167 cm³/mol. The van der Waals surface area contributed by atoms with Crippen LogP contribution < -0.4 is 4.74 Å². The molecule has 242 valence electrons. The van der Waals surface area contributed by atoms with E-state index in [4.69, 9.17) is 23.7 Å². The lowest BCUT2D eigenvalue weighted by atomic mass is 10.0. The lowest BCUT2D eigenvalue weighted by Crippen LogP contribution is -2.45. The van der Waals surface area contributed by atoms with Gasteiger partial charge >= 0.3 is 29.7 Å². The SMILES string of the molecule is CCC(C)COC(=O)c1ccc(-c2ccc(OCCCCCCCCCCOC(=O)C(C)(OC(C)=O)OC(C)=O)cc2)cc1. The van der Waals surface area contributed by atoms with Crippen molar-refractivity contribution in [1.82, 2.24) is 0 Å². The first-order valence-electron chi connectivity index (χ1n) is 15.6. The zero-order valence-electron chi connectivity index (χ0n) is 26.9. The number of rotatable bonds is 20. The Morgan fingerprint density at radius 3 is 1.66 bits per heavy atom. The Morgan fingerprint density at radius 1 is 0.682 bits per heavy atom. The second kappa shape index (κ2) is 19.4. The van der Waals surface area contributed by atoms with Crippen LogP contribution in [-0.2, 0) is 33.3 Å². The molecular formula is C35H48O9. The van der Waals surface area contributed by atoms with E-state index in [1.165, 1.54) is 6.92 Å². The van der Waals surface area contributed by atoms with Crippen molar-refractivity contribution in [2.75, 3.05) is 19.8 Å². The first-order valence-corrected chi connectivity index (χ1v) is 15.6. The third-order valence-corrected chi connectivity index (χ3v) is 7.09. The fourth-order valence-electron chi connectivity index (χ4n) is 4.36. The van der Waals surface area contributed by atoms with E-state index in [1.54, 1.807) is 12.1 Å². The van der Waals surface area contributed by atoms with Gasteiger partial charge in [-0.15, -0.1) is 0 Å². The van der Waals surface area contributed by atoms with Gasteiger partial charge in [-0.05, 0) is 54.2 Å². The molecule has 0 radical (unpaired) electrons. The third kappa shape index (κ3) is 13.6. The minimum atomic E-state index is -2.07. The van der Waals surface area contributed by atoms with Crippen LogP contribution in [-0.4, -0.2) is 49.5 Å². The highest BCUT2D eigenvalue weighted by Gasteiger charge is 2.42. The molecule has 0 aromatic heterocycles. The second-order valence-electron chi connectivity index (χ2n) is 11.2. The highest BCUT2D eigenvalue weighted by molar-refractivity contribution is 5.90. The molecule has 0 bridgehead atoms. The first kappa shape index (κ1) is 36.3. The molecule has 0 N–H and O–H groups in total. The number of benzene rings is 2. The number of hydrogen-bond donors (Lipinski definition) is 0. The zero-order valence-corrected chi connectivity index (χ0v) is 26.9. The summed E-state index contributed by atoms with van der Waals surface area (Å²) in [6, 6.07) is 15.4. The van der Waals surface area contributed by atoms with Crippen molar-refractivity contribution in [2.24, 2.45) is 5.92 Å². The van der Waals surface area contributed by atoms with Gasteiger partial charge in [-0.3, -0.25) is 9.59 Å². The number of ether oxygens (including phenoxy) is 5. The summed E-state index contributed by atoms with van der Waals surface area (Å²) in [6.07, 6.45) is 8.99. The van der Waals surface area contributed by atoms with Gasteiger partial charge in [-0.2, -0.15) is 0 Å². The lowest BCUT2D eigenvalue weighted by Gasteiger charge is -2.25. The molecule has 44 heavy (non-hydrogen) atoms. The molecule has 0 aliphatic rings. The van der Waals surface area contributed by atoms with Crippen LogP contribution in [0.25, 0.3) is 11.1 Å². The normalized spacial score (nSPS) is 11.8. The number of esters is 4. The molecule has 2 aromatic carbocycles. The lowest BCUT2D eigenvalue weighted by molar-refractivity contribution is -0.232. The van der Waals surface area contributed by atoms with Gasteiger partial charge in [0, 0.05) is 20.8 Å². The summed E-state index contributed by atoms with van der Waals surface area (Å²) in [5.74, 6) is -3.56. The average molecular weight is 613 g/mol. The number of unbranched alkanes of at least 4 members (excludes halogenated alkanes) is 7. The molecule has 1 atom stereocenters. The van der Waals surface area contributed by atoms with Gasteiger partial charge in [-0.1, -0.05) is 83.1 Å². The van der Waals surface area contributed by atoms with E-state index in [2.05, 4.69) is 13.8 Å². The van der Waals surface area contributed by atoms with Gasteiger partial charge in [0.2, 0.25) is 0 Å². The maximum Gasteiger partial charge on any atom is 0.392 e. The van der Waals surface area contributed by atoms with Gasteiger partial charge in [0.05, 0.1) is 25.4 Å². The molecule has 0 fully saturated rings. The van der Waals surface area contributed by atoms with Gasteiger partial charge in [0.15, 0.2) is 0 Å². The molecule has 0 saturated carbocycles. The molecule has 0 heterocycles. The Kier molecular flexibility index (Phi) is 16.0. The van der Waals surface area contributed by atoms with E-state index < -0.39 is 23.7 Å². The summed E-state index contributed by atoms with van der Waals surface area (Å²) >= 11 is 0. The Bertz CT molecular complexity index is 1160. The van der Waals surface area contributed by atoms with E-state index in [0.29, 0.717) is 31.1 Å². The molecule has 0 aliphatic heterocycles. The molecule has 9 heteroatoms. The summed E-state index contributed by atoms with van der Waals surface area (Å²) in [5.41, 5.74) is 2.63.